The summed E-state index contributed by atoms with van der Waals surface area (Å²) in [6.07, 6.45) is 0. The Labute approximate surface area is 165 Å². The number of hydrogen-bond donors (Lipinski definition) is 0. The van der Waals surface area contributed by atoms with E-state index in [9.17, 15) is 0 Å². The van der Waals surface area contributed by atoms with Gasteiger partial charge in [-0.2, -0.15) is 0 Å². The molecule has 0 saturated carbocycles. The Balaban J connectivity index is 0.000000183. The van der Waals surface area contributed by atoms with Gasteiger partial charge in [0.2, 0.25) is 0 Å². The smallest absolute Gasteiger partial charge is 0.0219 e. The van der Waals surface area contributed by atoms with Gasteiger partial charge in [-0.15, -0.1) is 0 Å². The molecule has 4 aromatic rings. The Bertz CT molecular complexity index is 578. The van der Waals surface area contributed by atoms with Crippen LogP contribution in [-0.2, 0) is 0 Å². The van der Waals surface area contributed by atoms with Gasteiger partial charge in [0.25, 0.3) is 0 Å². The number of benzene rings is 4. The monoisotopic (exact) mass is 354 g/mol. The van der Waals surface area contributed by atoms with Crippen molar-refractivity contribution in [1.29, 1.82) is 0 Å². The van der Waals surface area contributed by atoms with Crippen molar-refractivity contribution in [3.8, 4) is 0 Å². The first-order chi connectivity index (χ1) is 13.3. The molecular formula is C27H30. The molecule has 0 radical (unpaired) electrons. The van der Waals surface area contributed by atoms with Gasteiger partial charge in [0.1, 0.15) is 0 Å². The Morgan fingerprint density at radius 3 is 0.667 bits per heavy atom. The fourth-order valence-electron chi connectivity index (χ4n) is 1.99. The Kier molecular flexibility index (Phi) is 13.3. The van der Waals surface area contributed by atoms with Crippen LogP contribution in [-0.4, -0.2) is 0 Å². The molecule has 27 heavy (non-hydrogen) atoms. The van der Waals surface area contributed by atoms with E-state index in [-0.39, 0.29) is 0 Å². The van der Waals surface area contributed by atoms with E-state index < -0.39 is 0 Å². The van der Waals surface area contributed by atoms with Crippen molar-refractivity contribution >= 4 is 0 Å². The van der Waals surface area contributed by atoms with Gasteiger partial charge in [0, 0.05) is 0 Å². The maximum absolute atomic E-state index is 2.20. The summed E-state index contributed by atoms with van der Waals surface area (Å²) in [4.78, 5) is 0. The largest absolute Gasteiger partial charge is 0.0623 e. The van der Waals surface area contributed by atoms with Crippen LogP contribution in [0.1, 0.15) is 25.3 Å². The molecule has 0 unspecified atom stereocenters. The summed E-state index contributed by atoms with van der Waals surface area (Å²) in [6.45, 7) is 4.41. The molecule has 138 valence electrons. The molecule has 0 amide bonds. The average Bonchev–Trinajstić information content (AvgIpc) is 2.79. The SMILES string of the molecule is CC(C)c1ccccc1.c1ccccc1.c1ccccc1.c1ccccc1. The summed E-state index contributed by atoms with van der Waals surface area (Å²) in [7, 11) is 0. The molecule has 0 N–H and O–H groups in total. The van der Waals surface area contributed by atoms with Gasteiger partial charge in [-0.3, -0.25) is 0 Å². The van der Waals surface area contributed by atoms with Crippen LogP contribution in [0.3, 0.4) is 0 Å². The van der Waals surface area contributed by atoms with Gasteiger partial charge in [0.05, 0.1) is 0 Å². The van der Waals surface area contributed by atoms with E-state index in [1.165, 1.54) is 5.56 Å². The quantitative estimate of drug-likeness (QED) is 0.326. The van der Waals surface area contributed by atoms with Crippen LogP contribution in [0, 0.1) is 0 Å². The van der Waals surface area contributed by atoms with Crippen molar-refractivity contribution in [2.24, 2.45) is 0 Å². The molecule has 0 aliphatic rings. The fourth-order valence-corrected chi connectivity index (χ4v) is 1.99. The van der Waals surface area contributed by atoms with Crippen LogP contribution in [0.4, 0.5) is 0 Å². The molecule has 0 nitrogen and oxygen atoms in total. The molecule has 0 aromatic heterocycles. The third kappa shape index (κ3) is 13.8. The minimum absolute atomic E-state index is 0.659. The molecule has 0 spiro atoms. The molecule has 0 fully saturated rings. The lowest BCUT2D eigenvalue weighted by Crippen LogP contribution is -1.83. The van der Waals surface area contributed by atoms with Gasteiger partial charge < -0.3 is 0 Å². The summed E-state index contributed by atoms with van der Waals surface area (Å²) in [5.41, 5.74) is 1.41. The summed E-state index contributed by atoms with van der Waals surface area (Å²) >= 11 is 0. The zero-order valence-electron chi connectivity index (χ0n) is 16.4. The van der Waals surface area contributed by atoms with Crippen LogP contribution < -0.4 is 0 Å². The van der Waals surface area contributed by atoms with Crippen molar-refractivity contribution in [2.75, 3.05) is 0 Å². The van der Waals surface area contributed by atoms with Gasteiger partial charge in [-0.1, -0.05) is 153 Å². The maximum Gasteiger partial charge on any atom is -0.0219 e. The Hall–Kier alpha value is -3.12. The van der Waals surface area contributed by atoms with Crippen molar-refractivity contribution in [3.63, 3.8) is 0 Å². The summed E-state index contributed by atoms with van der Waals surface area (Å²) in [5, 5.41) is 0. The second-order valence-electron chi connectivity index (χ2n) is 6.03. The molecule has 0 saturated heterocycles. The first kappa shape index (κ1) is 21.9. The van der Waals surface area contributed by atoms with E-state index >= 15 is 0 Å². The third-order valence-electron chi connectivity index (χ3n) is 3.47. The Morgan fingerprint density at radius 2 is 0.519 bits per heavy atom. The molecule has 4 rings (SSSR count). The highest BCUT2D eigenvalue weighted by atomic mass is 14.0. The van der Waals surface area contributed by atoms with E-state index in [4.69, 9.17) is 0 Å². The second-order valence-corrected chi connectivity index (χ2v) is 6.03. The summed E-state index contributed by atoms with van der Waals surface area (Å²) in [6, 6.07) is 46.5. The van der Waals surface area contributed by atoms with Gasteiger partial charge in [-0.25, -0.2) is 0 Å². The molecule has 0 heterocycles. The van der Waals surface area contributed by atoms with Gasteiger partial charge in [-0.05, 0) is 11.5 Å². The molecule has 4 aromatic carbocycles. The van der Waals surface area contributed by atoms with Crippen molar-refractivity contribution < 1.29 is 0 Å². The zero-order chi connectivity index (χ0) is 19.4. The lowest BCUT2D eigenvalue weighted by atomic mass is 10.0. The molecule has 0 heteroatoms. The topological polar surface area (TPSA) is 0 Å². The first-order valence-corrected chi connectivity index (χ1v) is 9.35. The van der Waals surface area contributed by atoms with Crippen molar-refractivity contribution in [3.05, 3.63) is 145 Å². The van der Waals surface area contributed by atoms with E-state index in [2.05, 4.69) is 38.1 Å². The standard InChI is InChI=1S/C9H12.3C6H6/c1-8(2)9-6-4-3-5-7-9;3*1-2-4-6-5-3-1/h3-8H,1-2H3;3*1-6H. The molecule has 0 atom stereocenters. The lowest BCUT2D eigenvalue weighted by molar-refractivity contribution is 0.867. The van der Waals surface area contributed by atoms with Crippen molar-refractivity contribution in [1.82, 2.24) is 0 Å². The maximum atomic E-state index is 2.20. The van der Waals surface area contributed by atoms with Gasteiger partial charge >= 0.3 is 0 Å². The van der Waals surface area contributed by atoms with Crippen LogP contribution in [0.5, 0.6) is 0 Å². The van der Waals surface area contributed by atoms with E-state index in [1.54, 1.807) is 0 Å². The highest BCUT2D eigenvalue weighted by Gasteiger charge is 1.93. The predicted molar refractivity (Wildman–Crippen MR) is 120 cm³/mol. The zero-order valence-corrected chi connectivity index (χ0v) is 16.4. The third-order valence-corrected chi connectivity index (χ3v) is 3.47. The summed E-state index contributed by atoms with van der Waals surface area (Å²) in [5.74, 6) is 0.659. The minimum atomic E-state index is 0.659. The predicted octanol–water partition coefficient (Wildman–Crippen LogP) is 7.87. The van der Waals surface area contributed by atoms with E-state index in [0.29, 0.717) is 5.92 Å². The normalized spacial score (nSPS) is 8.70. The summed E-state index contributed by atoms with van der Waals surface area (Å²) < 4.78 is 0. The molecule has 0 aliphatic carbocycles. The van der Waals surface area contributed by atoms with Crippen LogP contribution in [0.25, 0.3) is 0 Å². The van der Waals surface area contributed by atoms with E-state index in [1.807, 2.05) is 115 Å². The second kappa shape index (κ2) is 16.4. The molecular weight excluding hydrogens is 324 g/mol. The minimum Gasteiger partial charge on any atom is -0.0623 e. The lowest BCUT2D eigenvalue weighted by Gasteiger charge is -2.01. The number of hydrogen-bond acceptors (Lipinski definition) is 0. The molecule has 0 bridgehead atoms. The van der Waals surface area contributed by atoms with Crippen LogP contribution in [0.15, 0.2) is 140 Å². The van der Waals surface area contributed by atoms with Crippen LogP contribution in [0.2, 0.25) is 0 Å². The first-order valence-electron chi connectivity index (χ1n) is 9.35. The van der Waals surface area contributed by atoms with E-state index in [0.717, 1.165) is 0 Å². The Morgan fingerprint density at radius 1 is 0.333 bits per heavy atom. The number of rotatable bonds is 1. The highest BCUT2D eigenvalue weighted by molar-refractivity contribution is 5.17. The average molecular weight is 355 g/mol. The van der Waals surface area contributed by atoms with Crippen LogP contribution >= 0.6 is 0 Å². The fraction of sp³-hybridized carbons (Fsp3) is 0.111. The highest BCUT2D eigenvalue weighted by Crippen LogP contribution is 2.11. The van der Waals surface area contributed by atoms with Gasteiger partial charge in [0.15, 0.2) is 0 Å². The van der Waals surface area contributed by atoms with Crippen molar-refractivity contribution in [2.45, 2.75) is 19.8 Å². The molecule has 0 aliphatic heterocycles.